The summed E-state index contributed by atoms with van der Waals surface area (Å²) in [5.74, 6) is 1.46. The van der Waals surface area contributed by atoms with Crippen molar-refractivity contribution in [2.24, 2.45) is 10.2 Å². The van der Waals surface area contributed by atoms with Gasteiger partial charge in [-0.3, -0.25) is 0 Å². The van der Waals surface area contributed by atoms with Crippen LogP contribution < -0.4 is 4.43 Å². The Balaban J connectivity index is 1.86. The third-order valence-electron chi connectivity index (χ3n) is 5.22. The lowest BCUT2D eigenvalue weighted by Gasteiger charge is -2.36. The number of hydrogen-bond acceptors (Lipinski definition) is 5. The summed E-state index contributed by atoms with van der Waals surface area (Å²) in [7, 11) is -1.95. The van der Waals surface area contributed by atoms with Crippen LogP contribution in [0, 0.1) is 6.92 Å². The quantitative estimate of drug-likeness (QED) is 0.363. The molecule has 2 aromatic heterocycles. The van der Waals surface area contributed by atoms with Crippen molar-refractivity contribution >= 4 is 25.0 Å². The van der Waals surface area contributed by atoms with Crippen molar-refractivity contribution < 1.29 is 4.43 Å². The Morgan fingerprint density at radius 1 is 1.07 bits per heavy atom. The standard InChI is InChI=1S/C22H28N4OSi/c1-16-12-13-23-20(14-16)26-24-15-18-11-10-17-8-7-9-19(21(17)25-18)27-28(5,6)22(2,3)4/h7-14H,15H2,1-6H3. The monoisotopic (exact) mass is 392 g/mol. The molecule has 5 nitrogen and oxygen atoms in total. The summed E-state index contributed by atoms with van der Waals surface area (Å²) in [6.07, 6.45) is 1.74. The molecule has 0 aliphatic rings. The molecule has 1 aromatic carbocycles. The summed E-state index contributed by atoms with van der Waals surface area (Å²) in [5.41, 5.74) is 2.85. The normalized spacial score (nSPS) is 12.6. The molecule has 0 bridgehead atoms. The second-order valence-corrected chi connectivity index (χ2v) is 13.3. The fourth-order valence-corrected chi connectivity index (χ4v) is 3.53. The SMILES string of the molecule is Cc1ccnc(N=NCc2ccc3cccc(O[Si](C)(C)C(C)(C)C)c3n2)c1. The van der Waals surface area contributed by atoms with Crippen molar-refractivity contribution in [1.82, 2.24) is 9.97 Å². The van der Waals surface area contributed by atoms with E-state index < -0.39 is 8.32 Å². The minimum Gasteiger partial charge on any atom is -0.542 e. The van der Waals surface area contributed by atoms with Gasteiger partial charge in [-0.2, -0.15) is 5.11 Å². The molecule has 0 amide bonds. The lowest BCUT2D eigenvalue weighted by molar-refractivity contribution is 0.495. The first-order chi connectivity index (χ1) is 13.2. The molecule has 0 N–H and O–H groups in total. The topological polar surface area (TPSA) is 59.7 Å². The van der Waals surface area contributed by atoms with Crippen molar-refractivity contribution in [1.29, 1.82) is 0 Å². The van der Waals surface area contributed by atoms with Gasteiger partial charge >= 0.3 is 0 Å². The number of aromatic nitrogens is 2. The van der Waals surface area contributed by atoms with Gasteiger partial charge in [0.1, 0.15) is 17.8 Å². The number of azo groups is 1. The smallest absolute Gasteiger partial charge is 0.250 e. The van der Waals surface area contributed by atoms with Gasteiger partial charge < -0.3 is 4.43 Å². The summed E-state index contributed by atoms with van der Waals surface area (Å²) >= 11 is 0. The van der Waals surface area contributed by atoms with Crippen LogP contribution in [0.15, 0.2) is 58.9 Å². The molecule has 28 heavy (non-hydrogen) atoms. The number of hydrogen-bond donors (Lipinski definition) is 0. The van der Waals surface area contributed by atoms with Crippen molar-refractivity contribution in [3.05, 3.63) is 59.9 Å². The van der Waals surface area contributed by atoms with Crippen molar-refractivity contribution in [3.63, 3.8) is 0 Å². The fourth-order valence-electron chi connectivity index (χ4n) is 2.51. The van der Waals surface area contributed by atoms with E-state index in [4.69, 9.17) is 9.41 Å². The molecule has 0 saturated heterocycles. The van der Waals surface area contributed by atoms with E-state index in [2.05, 4.69) is 61.2 Å². The molecule has 0 fully saturated rings. The van der Waals surface area contributed by atoms with E-state index in [1.807, 2.05) is 37.3 Å². The summed E-state index contributed by atoms with van der Waals surface area (Å²) < 4.78 is 6.53. The first kappa shape index (κ1) is 20.1. The molecule has 0 radical (unpaired) electrons. The van der Waals surface area contributed by atoms with Crippen LogP contribution in [0.3, 0.4) is 0 Å². The van der Waals surface area contributed by atoms with Crippen LogP contribution >= 0.6 is 0 Å². The van der Waals surface area contributed by atoms with Crippen molar-refractivity contribution in [2.45, 2.75) is 52.4 Å². The zero-order chi connectivity index (χ0) is 20.4. The second-order valence-electron chi connectivity index (χ2n) is 8.58. The van der Waals surface area contributed by atoms with E-state index in [-0.39, 0.29) is 5.04 Å². The van der Waals surface area contributed by atoms with Crippen LogP contribution in [-0.2, 0) is 6.54 Å². The highest BCUT2D eigenvalue weighted by Crippen LogP contribution is 2.38. The van der Waals surface area contributed by atoms with Gasteiger partial charge in [-0.15, -0.1) is 5.11 Å². The van der Waals surface area contributed by atoms with Gasteiger partial charge in [-0.1, -0.05) is 39.0 Å². The Bertz CT molecular complexity index is 1010. The molecule has 3 rings (SSSR count). The van der Waals surface area contributed by atoms with Gasteiger partial charge in [0.05, 0.1) is 5.69 Å². The zero-order valence-electron chi connectivity index (χ0n) is 17.5. The molecule has 0 aliphatic heterocycles. The van der Waals surface area contributed by atoms with Crippen LogP contribution in [0.25, 0.3) is 10.9 Å². The van der Waals surface area contributed by atoms with E-state index in [9.17, 15) is 0 Å². The van der Waals surface area contributed by atoms with Gasteiger partial charge in [0.25, 0.3) is 8.32 Å². The Kier molecular flexibility index (Phi) is 5.61. The summed E-state index contributed by atoms with van der Waals surface area (Å²) in [6, 6.07) is 14.0. The van der Waals surface area contributed by atoms with Crippen LogP contribution in [0.1, 0.15) is 32.0 Å². The van der Waals surface area contributed by atoms with Crippen molar-refractivity contribution in [3.8, 4) is 5.75 Å². The van der Waals surface area contributed by atoms with Gasteiger partial charge in [-0.25, -0.2) is 9.97 Å². The zero-order valence-corrected chi connectivity index (χ0v) is 18.5. The Morgan fingerprint density at radius 2 is 1.86 bits per heavy atom. The highest BCUT2D eigenvalue weighted by atomic mass is 28.4. The maximum atomic E-state index is 6.53. The Morgan fingerprint density at radius 3 is 2.57 bits per heavy atom. The molecule has 2 heterocycles. The number of pyridine rings is 2. The predicted octanol–water partition coefficient (Wildman–Crippen LogP) is 6.61. The van der Waals surface area contributed by atoms with E-state index in [0.29, 0.717) is 12.4 Å². The second kappa shape index (κ2) is 7.79. The highest BCUT2D eigenvalue weighted by Gasteiger charge is 2.39. The molecule has 0 aliphatic carbocycles. The molecular formula is C22H28N4OSi. The molecule has 3 aromatic rings. The molecular weight excluding hydrogens is 364 g/mol. The van der Waals surface area contributed by atoms with Crippen LogP contribution in [-0.4, -0.2) is 18.3 Å². The van der Waals surface area contributed by atoms with Gasteiger partial charge in [0.2, 0.25) is 0 Å². The largest absolute Gasteiger partial charge is 0.542 e. The van der Waals surface area contributed by atoms with Crippen molar-refractivity contribution in [2.75, 3.05) is 0 Å². The average Bonchev–Trinajstić information content (AvgIpc) is 2.61. The predicted molar refractivity (Wildman–Crippen MR) is 117 cm³/mol. The summed E-state index contributed by atoms with van der Waals surface area (Å²) in [4.78, 5) is 9.02. The molecule has 0 unspecified atom stereocenters. The molecule has 0 saturated carbocycles. The number of rotatable bonds is 5. The summed E-state index contributed by atoms with van der Waals surface area (Å²) in [6.45, 7) is 13.6. The highest BCUT2D eigenvalue weighted by molar-refractivity contribution is 6.74. The lowest BCUT2D eigenvalue weighted by atomic mass is 10.2. The van der Waals surface area contributed by atoms with Gasteiger partial charge in [0, 0.05) is 11.6 Å². The van der Waals surface area contributed by atoms with E-state index >= 15 is 0 Å². The van der Waals surface area contributed by atoms with Gasteiger partial charge in [0.15, 0.2) is 5.82 Å². The first-order valence-electron chi connectivity index (χ1n) is 9.53. The fraction of sp³-hybridized carbons (Fsp3) is 0.364. The lowest BCUT2D eigenvalue weighted by Crippen LogP contribution is -2.43. The maximum Gasteiger partial charge on any atom is 0.250 e. The maximum absolute atomic E-state index is 6.53. The third kappa shape index (κ3) is 4.62. The minimum absolute atomic E-state index is 0.127. The number of benzene rings is 1. The van der Waals surface area contributed by atoms with Gasteiger partial charge in [-0.05, 0) is 54.9 Å². The molecule has 0 atom stereocenters. The molecule has 0 spiro atoms. The Hall–Kier alpha value is -2.60. The van der Waals surface area contributed by atoms with Crippen LogP contribution in [0.5, 0.6) is 5.75 Å². The third-order valence-corrected chi connectivity index (χ3v) is 9.56. The van der Waals surface area contributed by atoms with E-state index in [1.54, 1.807) is 6.20 Å². The Labute approximate surface area is 168 Å². The molecule has 6 heteroatoms. The number of nitrogens with zero attached hydrogens (tertiary/aromatic N) is 4. The number of fused-ring (bicyclic) bond motifs is 1. The van der Waals surface area contributed by atoms with E-state index in [1.165, 1.54) is 0 Å². The number of para-hydroxylation sites is 1. The van der Waals surface area contributed by atoms with Crippen LogP contribution in [0.2, 0.25) is 18.1 Å². The molecule has 146 valence electrons. The minimum atomic E-state index is -1.95. The first-order valence-corrected chi connectivity index (χ1v) is 12.4. The average molecular weight is 393 g/mol. The van der Waals surface area contributed by atoms with Crippen LogP contribution in [0.4, 0.5) is 5.82 Å². The van der Waals surface area contributed by atoms with E-state index in [0.717, 1.165) is 27.9 Å². The number of aryl methyl sites for hydroxylation is 1. The summed E-state index contributed by atoms with van der Waals surface area (Å²) in [5, 5.41) is 9.67.